The summed E-state index contributed by atoms with van der Waals surface area (Å²) in [5.41, 5.74) is 0. The molecule has 0 saturated heterocycles. The van der Waals surface area contributed by atoms with Crippen molar-refractivity contribution in [3.05, 3.63) is 60.7 Å². The van der Waals surface area contributed by atoms with Gasteiger partial charge in [0.15, 0.2) is 0 Å². The second-order valence-electron chi connectivity index (χ2n) is 4.79. The maximum atomic E-state index is 10.6. The van der Waals surface area contributed by atoms with Gasteiger partial charge in [0.1, 0.15) is 0 Å². The SMILES string of the molecule is CCC[CH2][Bi].NS(=O)(=O)c1ccccc1.NS(=O)(=O)c1ccccc1. The third-order valence-corrected chi connectivity index (χ3v) is 5.74. The van der Waals surface area contributed by atoms with E-state index in [4.69, 9.17) is 10.3 Å². The van der Waals surface area contributed by atoms with E-state index in [-0.39, 0.29) is 9.79 Å². The summed E-state index contributed by atoms with van der Waals surface area (Å²) in [6, 6.07) is 15.8. The first kappa shape index (κ1) is 24.1. The van der Waals surface area contributed by atoms with Crippen molar-refractivity contribution >= 4 is 44.8 Å². The number of sulfonamides is 2. The van der Waals surface area contributed by atoms with Gasteiger partial charge in [0.25, 0.3) is 0 Å². The van der Waals surface area contributed by atoms with E-state index in [9.17, 15) is 16.8 Å². The smallest absolute Gasteiger partial charge is 0.225 e. The molecule has 2 radical (unpaired) electrons. The number of rotatable bonds is 4. The molecule has 0 atom stereocenters. The summed E-state index contributed by atoms with van der Waals surface area (Å²) in [7, 11) is -7.01. The maximum Gasteiger partial charge on any atom is 0.238 e. The summed E-state index contributed by atoms with van der Waals surface area (Å²) in [6.07, 6.45) is 2.81. The zero-order valence-corrected chi connectivity index (χ0v) is 19.1. The molecule has 0 amide bonds. The third kappa shape index (κ3) is 12.2. The monoisotopic (exact) mass is 580 g/mol. The van der Waals surface area contributed by atoms with Crippen LogP contribution in [0.15, 0.2) is 70.5 Å². The number of unbranched alkanes of at least 4 members (excludes halogenated alkanes) is 1. The van der Waals surface area contributed by atoms with Crippen LogP contribution >= 0.6 is 0 Å². The average molecular weight is 580 g/mol. The molecule has 25 heavy (non-hydrogen) atoms. The molecule has 6 nitrogen and oxygen atoms in total. The average Bonchev–Trinajstić information content (AvgIpc) is 2.57. The molecule has 2 aromatic rings. The van der Waals surface area contributed by atoms with E-state index in [0.29, 0.717) is 0 Å². The van der Waals surface area contributed by atoms with Crippen LogP contribution in [0.4, 0.5) is 0 Å². The molecule has 0 bridgehead atoms. The van der Waals surface area contributed by atoms with Crippen LogP contribution in [0.3, 0.4) is 0 Å². The summed E-state index contributed by atoms with van der Waals surface area (Å²) in [6.45, 7) is 2.23. The molecule has 0 fully saturated rings. The predicted octanol–water partition coefficient (Wildman–Crippen LogP) is 2.04. The van der Waals surface area contributed by atoms with Gasteiger partial charge >= 0.3 is 48.6 Å². The molecule has 2 aromatic carbocycles. The summed E-state index contributed by atoms with van der Waals surface area (Å²) < 4.78 is 43.9. The Morgan fingerprint density at radius 3 is 1.20 bits per heavy atom. The largest absolute Gasteiger partial charge is 0.238 e. The van der Waals surface area contributed by atoms with E-state index in [1.165, 1.54) is 41.2 Å². The number of hydrogen-bond acceptors (Lipinski definition) is 4. The molecule has 0 unspecified atom stereocenters. The van der Waals surface area contributed by atoms with Crippen LogP contribution in [0.25, 0.3) is 0 Å². The molecule has 4 N–H and O–H groups in total. The van der Waals surface area contributed by atoms with Gasteiger partial charge in [-0.1, -0.05) is 36.4 Å². The Morgan fingerprint density at radius 1 is 0.760 bits per heavy atom. The van der Waals surface area contributed by atoms with E-state index >= 15 is 0 Å². The molecule has 0 aliphatic rings. The Kier molecular flexibility index (Phi) is 12.1. The molecule has 0 aliphatic heterocycles. The summed E-state index contributed by atoms with van der Waals surface area (Å²) in [5, 5.41) is 9.66. The van der Waals surface area contributed by atoms with Crippen molar-refractivity contribution in [2.45, 2.75) is 33.7 Å². The zero-order chi connectivity index (χ0) is 19.3. The Morgan fingerprint density at radius 2 is 1.08 bits per heavy atom. The Bertz CT molecular complexity index is 727. The molecule has 0 aromatic heterocycles. The fourth-order valence-electron chi connectivity index (χ4n) is 1.38. The van der Waals surface area contributed by atoms with Crippen molar-refractivity contribution in [1.29, 1.82) is 0 Å². The summed E-state index contributed by atoms with van der Waals surface area (Å²) in [4.78, 5) is 0.296. The first-order chi connectivity index (χ1) is 11.6. The number of primary sulfonamides is 2. The van der Waals surface area contributed by atoms with Crippen LogP contribution in [0.5, 0.6) is 0 Å². The fourth-order valence-corrected chi connectivity index (χ4v) is 3.68. The Balaban J connectivity index is 0.000000368. The maximum absolute atomic E-state index is 10.6. The van der Waals surface area contributed by atoms with Crippen LogP contribution < -0.4 is 10.3 Å². The number of hydrogen-bond donors (Lipinski definition) is 2. The standard InChI is InChI=1S/2C6H7NO2S.C4H9.Bi/c2*7-10(8,9)6-4-2-1-3-5-6;1-3-4-2;/h2*1-5H,(H2,7,8,9);1,3-4H2,2H3;. The van der Waals surface area contributed by atoms with Gasteiger partial charge in [-0.25, -0.2) is 27.1 Å². The van der Waals surface area contributed by atoms with Crippen molar-refractivity contribution in [3.63, 3.8) is 0 Å². The van der Waals surface area contributed by atoms with Gasteiger partial charge in [-0.05, 0) is 24.3 Å². The Labute approximate surface area is 165 Å². The molecule has 0 saturated carbocycles. The Hall–Kier alpha value is -0.857. The normalized spacial score (nSPS) is 10.7. The van der Waals surface area contributed by atoms with Crippen molar-refractivity contribution in [2.75, 3.05) is 0 Å². The van der Waals surface area contributed by atoms with Gasteiger partial charge in [-0.15, -0.1) is 0 Å². The van der Waals surface area contributed by atoms with Crippen LogP contribution in [-0.4, -0.2) is 41.6 Å². The fraction of sp³-hybridized carbons (Fsp3) is 0.250. The second kappa shape index (κ2) is 12.5. The molecular formula is C16H23BiN2O4S2. The molecule has 0 heterocycles. The summed E-state index contributed by atoms with van der Waals surface area (Å²) >= 11 is 1.56. The van der Waals surface area contributed by atoms with E-state index in [0.717, 1.165) is 0 Å². The van der Waals surface area contributed by atoms with Gasteiger partial charge in [-0.2, -0.15) is 0 Å². The quantitative estimate of drug-likeness (QED) is 0.538. The minimum absolute atomic E-state index is 0.148. The molecule has 0 aliphatic carbocycles. The molecule has 0 spiro atoms. The predicted molar refractivity (Wildman–Crippen MR) is 101 cm³/mol. The van der Waals surface area contributed by atoms with Gasteiger partial charge in [-0.3, -0.25) is 0 Å². The van der Waals surface area contributed by atoms with E-state index in [1.807, 2.05) is 0 Å². The molecule has 9 heteroatoms. The molecule has 2 rings (SSSR count). The number of nitrogens with two attached hydrogens (primary N) is 2. The van der Waals surface area contributed by atoms with E-state index in [1.54, 1.807) is 61.1 Å². The third-order valence-electron chi connectivity index (χ3n) is 2.66. The minimum Gasteiger partial charge on any atom is -0.225 e. The first-order valence-electron chi connectivity index (χ1n) is 7.39. The van der Waals surface area contributed by atoms with Crippen molar-refractivity contribution in [3.8, 4) is 0 Å². The second-order valence-corrected chi connectivity index (χ2v) is 9.65. The number of benzene rings is 2. The minimum atomic E-state index is -3.50. The van der Waals surface area contributed by atoms with Gasteiger partial charge in [0.05, 0.1) is 9.79 Å². The summed E-state index contributed by atoms with van der Waals surface area (Å²) in [5.74, 6) is 0. The first-order valence-corrected chi connectivity index (χ1v) is 12.9. The van der Waals surface area contributed by atoms with Crippen molar-refractivity contribution in [1.82, 2.24) is 0 Å². The molecular weight excluding hydrogens is 557 g/mol. The molecule has 138 valence electrons. The van der Waals surface area contributed by atoms with Crippen LogP contribution in [-0.2, 0) is 20.0 Å². The van der Waals surface area contributed by atoms with Crippen LogP contribution in [0, 0.1) is 0 Å². The van der Waals surface area contributed by atoms with Crippen LogP contribution in [0.1, 0.15) is 19.8 Å². The van der Waals surface area contributed by atoms with Crippen LogP contribution in [0.2, 0.25) is 4.13 Å². The van der Waals surface area contributed by atoms with Crippen molar-refractivity contribution in [2.24, 2.45) is 10.3 Å². The topological polar surface area (TPSA) is 120 Å². The van der Waals surface area contributed by atoms with Gasteiger partial charge in [0, 0.05) is 0 Å². The van der Waals surface area contributed by atoms with E-state index < -0.39 is 20.0 Å². The van der Waals surface area contributed by atoms with E-state index in [2.05, 4.69) is 6.92 Å². The van der Waals surface area contributed by atoms with Gasteiger partial charge in [0.2, 0.25) is 20.0 Å². The zero-order valence-electron chi connectivity index (χ0n) is 13.9. The van der Waals surface area contributed by atoms with Gasteiger partial charge < -0.3 is 0 Å². The van der Waals surface area contributed by atoms with Crippen molar-refractivity contribution < 1.29 is 16.8 Å².